The van der Waals surface area contributed by atoms with Crippen LogP contribution in [0.15, 0.2) is 12.2 Å². The Morgan fingerprint density at radius 3 is 1.88 bits per heavy atom. The molecule has 0 fully saturated rings. The Morgan fingerprint density at radius 2 is 1.69 bits per heavy atom. The van der Waals surface area contributed by atoms with E-state index in [1.54, 1.807) is 13.8 Å². The molecule has 6 nitrogen and oxygen atoms in total. The lowest BCUT2D eigenvalue weighted by Crippen LogP contribution is -2.30. The van der Waals surface area contributed by atoms with Crippen LogP contribution in [0.2, 0.25) is 0 Å². The van der Waals surface area contributed by atoms with E-state index < -0.39 is 18.2 Å². The number of carboxylic acid groups (broad SMARTS) is 1. The maximum absolute atomic E-state index is 10.7. The maximum atomic E-state index is 10.7. The van der Waals surface area contributed by atoms with Gasteiger partial charge in [0.1, 0.15) is 6.10 Å². The van der Waals surface area contributed by atoms with Gasteiger partial charge >= 0.3 is 5.97 Å². The van der Waals surface area contributed by atoms with E-state index >= 15 is 0 Å². The van der Waals surface area contributed by atoms with Crippen molar-refractivity contribution in [2.45, 2.75) is 33.0 Å². The predicted molar refractivity (Wildman–Crippen MR) is 58.8 cm³/mol. The smallest absolute Gasteiger partial charge is 0.332 e. The number of amides is 1. The number of carbonyl (C=O) groups is 2. The molecule has 0 aliphatic rings. The second kappa shape index (κ2) is 8.87. The lowest BCUT2D eigenvalue weighted by atomic mass is 10.3. The number of aliphatic hydroxyl groups is 2. The normalized spacial score (nSPS) is 12.8. The number of aliphatic carboxylic acids is 1. The highest BCUT2D eigenvalue weighted by Gasteiger charge is 2.02. The molecule has 16 heavy (non-hydrogen) atoms. The summed E-state index contributed by atoms with van der Waals surface area (Å²) >= 11 is 0. The number of hydrogen-bond donors (Lipinski definition) is 4. The Labute approximate surface area is 94.6 Å². The zero-order valence-corrected chi connectivity index (χ0v) is 9.73. The first kappa shape index (κ1) is 17.0. The molecule has 0 aliphatic carbocycles. The summed E-state index contributed by atoms with van der Waals surface area (Å²) in [5.74, 6) is -1.39. The number of nitrogens with one attached hydrogen (secondary N) is 1. The standard InChI is InChI=1S/C7H13NO2.C3H6O3/c1-5(2)7(10)8-4-6(3)9;1-2(4)3(5)6/h6,9H,1,4H2,2-3H3,(H,8,10);2,4H,1H3,(H,5,6). The Kier molecular flexibility index (Phi) is 9.43. The van der Waals surface area contributed by atoms with Gasteiger partial charge in [0.15, 0.2) is 0 Å². The van der Waals surface area contributed by atoms with Gasteiger partial charge in [-0.05, 0) is 20.8 Å². The summed E-state index contributed by atoms with van der Waals surface area (Å²) < 4.78 is 0. The zero-order chi connectivity index (χ0) is 13.3. The van der Waals surface area contributed by atoms with Gasteiger partial charge < -0.3 is 20.6 Å². The van der Waals surface area contributed by atoms with Crippen LogP contribution >= 0.6 is 0 Å². The Bertz CT molecular complexity index is 248. The summed E-state index contributed by atoms with van der Waals surface area (Å²) in [6.07, 6.45) is -1.73. The molecule has 0 aromatic carbocycles. The minimum atomic E-state index is -1.23. The molecule has 0 rings (SSSR count). The molecular formula is C10H19NO5. The van der Waals surface area contributed by atoms with Crippen molar-refractivity contribution >= 4 is 11.9 Å². The molecule has 2 atom stereocenters. The van der Waals surface area contributed by atoms with E-state index in [1.807, 2.05) is 0 Å². The topological polar surface area (TPSA) is 107 Å². The largest absolute Gasteiger partial charge is 0.479 e. The first-order valence-electron chi connectivity index (χ1n) is 4.71. The van der Waals surface area contributed by atoms with E-state index in [2.05, 4.69) is 11.9 Å². The second-order valence-corrected chi connectivity index (χ2v) is 3.35. The maximum Gasteiger partial charge on any atom is 0.332 e. The number of carboxylic acids is 1. The van der Waals surface area contributed by atoms with E-state index in [0.717, 1.165) is 0 Å². The SMILES string of the molecule is C=C(C)C(=O)NCC(C)O.CC(O)C(=O)O. The summed E-state index contributed by atoms with van der Waals surface area (Å²) in [6.45, 7) is 8.15. The highest BCUT2D eigenvalue weighted by molar-refractivity contribution is 5.92. The van der Waals surface area contributed by atoms with Crippen LogP contribution in [0.3, 0.4) is 0 Å². The number of rotatable bonds is 4. The Hall–Kier alpha value is -1.40. The average Bonchev–Trinajstić information content (AvgIpc) is 2.14. The lowest BCUT2D eigenvalue weighted by molar-refractivity contribution is -0.145. The van der Waals surface area contributed by atoms with Gasteiger partial charge in [0.05, 0.1) is 6.10 Å². The van der Waals surface area contributed by atoms with Crippen molar-refractivity contribution in [2.75, 3.05) is 6.54 Å². The van der Waals surface area contributed by atoms with Gasteiger partial charge in [0, 0.05) is 12.1 Å². The van der Waals surface area contributed by atoms with Crippen LogP contribution in [0.5, 0.6) is 0 Å². The lowest BCUT2D eigenvalue weighted by Gasteiger charge is -2.05. The molecule has 2 unspecified atom stereocenters. The van der Waals surface area contributed by atoms with Crippen molar-refractivity contribution in [2.24, 2.45) is 0 Å². The third-order valence-electron chi connectivity index (χ3n) is 1.30. The van der Waals surface area contributed by atoms with Gasteiger partial charge in [0.2, 0.25) is 5.91 Å². The molecule has 0 radical (unpaired) electrons. The van der Waals surface area contributed by atoms with Crippen LogP contribution in [0.25, 0.3) is 0 Å². The van der Waals surface area contributed by atoms with Crippen molar-refractivity contribution in [3.8, 4) is 0 Å². The van der Waals surface area contributed by atoms with Gasteiger partial charge in [-0.15, -0.1) is 0 Å². The van der Waals surface area contributed by atoms with Crippen LogP contribution in [0.4, 0.5) is 0 Å². The summed E-state index contributed by atoms with van der Waals surface area (Å²) in [4.78, 5) is 20.2. The summed E-state index contributed by atoms with van der Waals surface area (Å²) in [6, 6.07) is 0. The second-order valence-electron chi connectivity index (χ2n) is 3.35. The minimum Gasteiger partial charge on any atom is -0.479 e. The molecule has 0 aromatic heterocycles. The summed E-state index contributed by atoms with van der Waals surface area (Å²) in [7, 11) is 0. The highest BCUT2D eigenvalue weighted by atomic mass is 16.4. The number of aliphatic hydroxyl groups excluding tert-OH is 2. The molecule has 94 valence electrons. The third-order valence-corrected chi connectivity index (χ3v) is 1.30. The van der Waals surface area contributed by atoms with Crippen LogP contribution < -0.4 is 5.32 Å². The van der Waals surface area contributed by atoms with E-state index in [0.29, 0.717) is 5.57 Å². The predicted octanol–water partition coefficient (Wildman–Crippen LogP) is -0.489. The first-order valence-corrected chi connectivity index (χ1v) is 4.71. The average molecular weight is 233 g/mol. The fourth-order valence-corrected chi connectivity index (χ4v) is 0.391. The summed E-state index contributed by atoms with van der Waals surface area (Å²) in [5.41, 5.74) is 0.459. The summed E-state index contributed by atoms with van der Waals surface area (Å²) in [5, 5.41) is 27.0. The molecule has 0 saturated carbocycles. The quantitative estimate of drug-likeness (QED) is 0.490. The van der Waals surface area contributed by atoms with Crippen molar-refractivity contribution < 1.29 is 24.9 Å². The van der Waals surface area contributed by atoms with Crippen molar-refractivity contribution in [1.29, 1.82) is 0 Å². The van der Waals surface area contributed by atoms with Gasteiger partial charge in [-0.1, -0.05) is 6.58 Å². The fourth-order valence-electron chi connectivity index (χ4n) is 0.391. The van der Waals surface area contributed by atoms with Crippen LogP contribution in [0, 0.1) is 0 Å². The van der Waals surface area contributed by atoms with Crippen molar-refractivity contribution in [3.63, 3.8) is 0 Å². The molecule has 4 N–H and O–H groups in total. The molecular weight excluding hydrogens is 214 g/mol. The van der Waals surface area contributed by atoms with Crippen molar-refractivity contribution in [3.05, 3.63) is 12.2 Å². The highest BCUT2D eigenvalue weighted by Crippen LogP contribution is 1.85. The number of hydrogen-bond acceptors (Lipinski definition) is 4. The van der Waals surface area contributed by atoms with E-state index in [-0.39, 0.29) is 12.5 Å². The molecule has 0 bridgehead atoms. The van der Waals surface area contributed by atoms with Crippen LogP contribution in [-0.4, -0.2) is 45.9 Å². The molecule has 6 heteroatoms. The van der Waals surface area contributed by atoms with Crippen molar-refractivity contribution in [1.82, 2.24) is 5.32 Å². The van der Waals surface area contributed by atoms with Gasteiger partial charge in [-0.3, -0.25) is 4.79 Å². The number of carbonyl (C=O) groups excluding carboxylic acids is 1. The van der Waals surface area contributed by atoms with E-state index in [4.69, 9.17) is 15.3 Å². The van der Waals surface area contributed by atoms with Gasteiger partial charge in [0.25, 0.3) is 0 Å². The fraction of sp³-hybridized carbons (Fsp3) is 0.600. The minimum absolute atomic E-state index is 0.207. The molecule has 0 aliphatic heterocycles. The van der Waals surface area contributed by atoms with E-state index in [1.165, 1.54) is 6.92 Å². The van der Waals surface area contributed by atoms with E-state index in [9.17, 15) is 9.59 Å². The van der Waals surface area contributed by atoms with Crippen LogP contribution in [-0.2, 0) is 9.59 Å². The van der Waals surface area contributed by atoms with Crippen LogP contribution in [0.1, 0.15) is 20.8 Å². The Balaban J connectivity index is 0. The molecule has 0 aromatic rings. The zero-order valence-electron chi connectivity index (χ0n) is 9.73. The first-order chi connectivity index (χ1) is 7.18. The van der Waals surface area contributed by atoms with Gasteiger partial charge in [-0.2, -0.15) is 0 Å². The molecule has 0 spiro atoms. The third kappa shape index (κ3) is 12.6. The molecule has 0 saturated heterocycles. The monoisotopic (exact) mass is 233 g/mol. The Morgan fingerprint density at radius 1 is 1.31 bits per heavy atom. The molecule has 0 heterocycles. The van der Waals surface area contributed by atoms with Gasteiger partial charge in [-0.25, -0.2) is 4.79 Å². The molecule has 1 amide bonds.